The molecule has 0 aliphatic carbocycles. The number of halogens is 1. The number of rotatable bonds is 7. The number of hydrogen-bond donors (Lipinski definition) is 4. The summed E-state index contributed by atoms with van der Waals surface area (Å²) in [7, 11) is 0. The Morgan fingerprint density at radius 3 is 2.25 bits per heavy atom. The maximum atomic E-state index is 13.2. The van der Waals surface area contributed by atoms with Gasteiger partial charge in [0.05, 0.1) is 6.61 Å². The molecular formula is C26H25BrN4O5. The number of phenols is 1. The van der Waals surface area contributed by atoms with Crippen LogP contribution in [0.2, 0.25) is 0 Å². The van der Waals surface area contributed by atoms with Crippen molar-refractivity contribution >= 4 is 50.8 Å². The highest BCUT2D eigenvalue weighted by molar-refractivity contribution is 9.10. The zero-order valence-electron chi connectivity index (χ0n) is 19.2. The summed E-state index contributed by atoms with van der Waals surface area (Å²) < 4.78 is 6.04. The second-order valence-electron chi connectivity index (χ2n) is 8.16. The minimum absolute atomic E-state index is 0.0470. The number of ether oxygens (including phenoxy) is 1. The molecule has 1 atom stereocenters. The molecule has 3 aromatic carbocycles. The summed E-state index contributed by atoms with van der Waals surface area (Å²) in [5, 5.41) is 17.8. The Labute approximate surface area is 216 Å². The van der Waals surface area contributed by atoms with Gasteiger partial charge in [0.15, 0.2) is 0 Å². The molecule has 4 rings (SSSR count). The number of anilines is 3. The van der Waals surface area contributed by atoms with E-state index in [-0.39, 0.29) is 24.7 Å². The first-order valence-corrected chi connectivity index (χ1v) is 12.1. The lowest BCUT2D eigenvalue weighted by Gasteiger charge is -2.27. The average Bonchev–Trinajstić information content (AvgIpc) is 2.87. The molecule has 0 saturated carbocycles. The van der Waals surface area contributed by atoms with E-state index in [9.17, 15) is 19.5 Å². The van der Waals surface area contributed by atoms with Crippen molar-refractivity contribution < 1.29 is 24.2 Å². The third-order valence-electron chi connectivity index (χ3n) is 5.53. The molecule has 186 valence electrons. The number of carbonyl (C=O) groups is 3. The van der Waals surface area contributed by atoms with Gasteiger partial charge < -0.3 is 30.7 Å². The van der Waals surface area contributed by atoms with E-state index in [4.69, 9.17) is 4.74 Å². The van der Waals surface area contributed by atoms with Gasteiger partial charge in [0.25, 0.3) is 5.91 Å². The normalized spacial score (nSPS) is 14.1. The Balaban J connectivity index is 1.45. The molecule has 0 aromatic heterocycles. The van der Waals surface area contributed by atoms with Crippen LogP contribution >= 0.6 is 15.9 Å². The molecule has 4 N–H and O–H groups in total. The van der Waals surface area contributed by atoms with Gasteiger partial charge in [0.2, 0.25) is 5.91 Å². The number of nitrogens with zero attached hydrogens (tertiary/aromatic N) is 1. The fraction of sp³-hybridized carbons (Fsp3) is 0.192. The molecule has 3 aromatic rings. The van der Waals surface area contributed by atoms with Gasteiger partial charge in [-0.3, -0.25) is 9.59 Å². The highest BCUT2D eigenvalue weighted by Gasteiger charge is 2.23. The summed E-state index contributed by atoms with van der Waals surface area (Å²) in [5.41, 5.74) is 2.58. The van der Waals surface area contributed by atoms with Crippen molar-refractivity contribution in [3.05, 3.63) is 82.8 Å². The Morgan fingerprint density at radius 1 is 0.944 bits per heavy atom. The number of carbonyl (C=O) groups excluding carboxylic acids is 3. The van der Waals surface area contributed by atoms with Crippen molar-refractivity contribution in [1.82, 2.24) is 5.32 Å². The maximum Gasteiger partial charge on any atom is 0.319 e. The van der Waals surface area contributed by atoms with Crippen LogP contribution in [0.5, 0.6) is 5.75 Å². The summed E-state index contributed by atoms with van der Waals surface area (Å²) in [5.74, 6) is -0.420. The maximum absolute atomic E-state index is 13.2. The number of benzene rings is 3. The summed E-state index contributed by atoms with van der Waals surface area (Å²) in [4.78, 5) is 39.5. The molecule has 1 aliphatic rings. The number of aromatic hydroxyl groups is 1. The van der Waals surface area contributed by atoms with Crippen molar-refractivity contribution in [2.24, 2.45) is 0 Å². The number of phenolic OH excluding ortho intramolecular Hbond substituents is 1. The zero-order chi connectivity index (χ0) is 25.5. The van der Waals surface area contributed by atoms with E-state index < -0.39 is 18.0 Å². The molecule has 36 heavy (non-hydrogen) atoms. The minimum atomic E-state index is -0.898. The largest absolute Gasteiger partial charge is 0.508 e. The van der Waals surface area contributed by atoms with E-state index in [0.29, 0.717) is 30.2 Å². The third kappa shape index (κ3) is 6.83. The standard InChI is InChI=1S/C26H25BrN4O5/c27-18-3-5-20(6-4-18)29-26(35)30-23(15-17-1-11-22(32)12-2-17)25(34)28-19-7-9-21(10-8-19)31-13-14-36-16-24(31)33/h1-12,23,32H,13-16H2,(H,28,34)(H2,29,30,35). The number of hydrogen-bond acceptors (Lipinski definition) is 5. The van der Waals surface area contributed by atoms with Crippen LogP contribution in [-0.4, -0.2) is 48.8 Å². The van der Waals surface area contributed by atoms with Crippen molar-refractivity contribution in [2.45, 2.75) is 12.5 Å². The third-order valence-corrected chi connectivity index (χ3v) is 6.06. The van der Waals surface area contributed by atoms with Gasteiger partial charge in [-0.2, -0.15) is 0 Å². The predicted molar refractivity (Wildman–Crippen MR) is 140 cm³/mol. The van der Waals surface area contributed by atoms with Crippen LogP contribution in [0.15, 0.2) is 77.3 Å². The Kier molecular flexibility index (Phi) is 8.19. The topological polar surface area (TPSA) is 120 Å². The molecule has 0 radical (unpaired) electrons. The average molecular weight is 553 g/mol. The molecule has 1 heterocycles. The number of urea groups is 1. The number of morpholine rings is 1. The molecular weight excluding hydrogens is 528 g/mol. The smallest absolute Gasteiger partial charge is 0.319 e. The molecule has 1 aliphatic heterocycles. The van der Waals surface area contributed by atoms with Gasteiger partial charge in [0, 0.05) is 34.5 Å². The van der Waals surface area contributed by atoms with Gasteiger partial charge in [-0.05, 0) is 66.2 Å². The minimum Gasteiger partial charge on any atom is -0.508 e. The lowest BCUT2D eigenvalue weighted by Crippen LogP contribution is -2.47. The first kappa shape index (κ1) is 25.2. The highest BCUT2D eigenvalue weighted by Crippen LogP contribution is 2.20. The van der Waals surface area contributed by atoms with Crippen LogP contribution in [-0.2, 0) is 20.7 Å². The Hall–Kier alpha value is -3.89. The van der Waals surface area contributed by atoms with E-state index in [2.05, 4.69) is 31.9 Å². The fourth-order valence-electron chi connectivity index (χ4n) is 3.68. The number of amides is 4. The first-order valence-electron chi connectivity index (χ1n) is 11.3. The molecule has 0 spiro atoms. The lowest BCUT2D eigenvalue weighted by atomic mass is 10.0. The molecule has 9 nitrogen and oxygen atoms in total. The summed E-state index contributed by atoms with van der Waals surface area (Å²) in [6, 6.07) is 19.0. The quantitative estimate of drug-likeness (QED) is 0.354. The van der Waals surface area contributed by atoms with E-state index in [1.54, 1.807) is 65.6 Å². The van der Waals surface area contributed by atoms with Crippen molar-refractivity contribution in [3.8, 4) is 5.75 Å². The molecule has 4 amide bonds. The van der Waals surface area contributed by atoms with Crippen LogP contribution in [0.4, 0.5) is 21.9 Å². The first-order chi connectivity index (χ1) is 17.4. The van der Waals surface area contributed by atoms with Gasteiger partial charge in [-0.15, -0.1) is 0 Å². The Morgan fingerprint density at radius 2 is 1.58 bits per heavy atom. The van der Waals surface area contributed by atoms with E-state index in [0.717, 1.165) is 10.0 Å². The summed E-state index contributed by atoms with van der Waals surface area (Å²) in [6.45, 7) is 0.985. The van der Waals surface area contributed by atoms with Gasteiger partial charge in [-0.25, -0.2) is 4.79 Å². The van der Waals surface area contributed by atoms with E-state index in [1.165, 1.54) is 12.1 Å². The second-order valence-corrected chi connectivity index (χ2v) is 9.08. The molecule has 1 fully saturated rings. The van der Waals surface area contributed by atoms with Crippen molar-refractivity contribution in [1.29, 1.82) is 0 Å². The van der Waals surface area contributed by atoms with E-state index >= 15 is 0 Å². The van der Waals surface area contributed by atoms with Crippen LogP contribution in [0.1, 0.15) is 5.56 Å². The molecule has 1 saturated heterocycles. The van der Waals surface area contributed by atoms with Gasteiger partial charge >= 0.3 is 6.03 Å². The lowest BCUT2D eigenvalue weighted by molar-refractivity contribution is -0.125. The van der Waals surface area contributed by atoms with E-state index in [1.807, 2.05) is 0 Å². The van der Waals surface area contributed by atoms with Crippen LogP contribution < -0.4 is 20.9 Å². The zero-order valence-corrected chi connectivity index (χ0v) is 20.8. The Bertz CT molecular complexity index is 1220. The monoisotopic (exact) mass is 552 g/mol. The molecule has 10 heteroatoms. The number of nitrogens with one attached hydrogen (secondary N) is 3. The predicted octanol–water partition coefficient (Wildman–Crippen LogP) is 3.89. The highest BCUT2D eigenvalue weighted by atomic mass is 79.9. The van der Waals surface area contributed by atoms with Gasteiger partial charge in [-0.1, -0.05) is 28.1 Å². The summed E-state index contributed by atoms with van der Waals surface area (Å²) in [6.07, 6.45) is 0.209. The fourth-order valence-corrected chi connectivity index (χ4v) is 3.95. The van der Waals surface area contributed by atoms with Crippen molar-refractivity contribution in [2.75, 3.05) is 35.3 Å². The van der Waals surface area contributed by atoms with Crippen LogP contribution in [0, 0.1) is 0 Å². The second kappa shape index (κ2) is 11.7. The van der Waals surface area contributed by atoms with Crippen molar-refractivity contribution in [3.63, 3.8) is 0 Å². The van der Waals surface area contributed by atoms with Gasteiger partial charge in [0.1, 0.15) is 18.4 Å². The molecule has 0 bridgehead atoms. The molecule has 1 unspecified atom stereocenters. The summed E-state index contributed by atoms with van der Waals surface area (Å²) >= 11 is 3.35. The van der Waals surface area contributed by atoms with Crippen LogP contribution in [0.25, 0.3) is 0 Å². The SMILES string of the molecule is O=C(Nc1ccc(Br)cc1)NC(Cc1ccc(O)cc1)C(=O)Nc1ccc(N2CCOCC2=O)cc1. The van der Waals surface area contributed by atoms with Crippen LogP contribution in [0.3, 0.4) is 0 Å².